The third kappa shape index (κ3) is 5.98. The molecule has 2 aliphatic rings. The smallest absolute Gasteiger partial charge is 0.255 e. The maximum atomic E-state index is 13.1. The fraction of sp³-hybridized carbons (Fsp3) is 0.652. The Hall–Kier alpha value is -1.53. The Morgan fingerprint density at radius 2 is 1.62 bits per heavy atom. The van der Waals surface area contributed by atoms with Gasteiger partial charge < -0.3 is 9.80 Å². The van der Waals surface area contributed by atoms with Crippen molar-refractivity contribution in [2.75, 3.05) is 45.8 Å². The van der Waals surface area contributed by atoms with Crippen LogP contribution in [0.25, 0.3) is 0 Å². The van der Waals surface area contributed by atoms with Crippen molar-refractivity contribution in [2.45, 2.75) is 44.3 Å². The number of hydrogen-bond acceptors (Lipinski definition) is 4. The van der Waals surface area contributed by atoms with Gasteiger partial charge in [-0.2, -0.15) is 0 Å². The van der Waals surface area contributed by atoms with Crippen LogP contribution in [0.15, 0.2) is 29.2 Å². The highest BCUT2D eigenvalue weighted by Gasteiger charge is 2.29. The van der Waals surface area contributed by atoms with Crippen LogP contribution in [-0.2, 0) is 4.79 Å². The minimum absolute atomic E-state index is 0.110. The molecule has 2 unspecified atom stereocenters. The molecule has 160 valence electrons. The van der Waals surface area contributed by atoms with E-state index in [1.165, 1.54) is 6.42 Å². The lowest BCUT2D eigenvalue weighted by Crippen LogP contribution is -2.53. The summed E-state index contributed by atoms with van der Waals surface area (Å²) in [5, 5.41) is 0.437. The molecule has 2 saturated heterocycles. The molecule has 0 aromatic heterocycles. The zero-order valence-electron chi connectivity index (χ0n) is 18.3. The van der Waals surface area contributed by atoms with E-state index in [-0.39, 0.29) is 11.8 Å². The van der Waals surface area contributed by atoms with Crippen molar-refractivity contribution in [1.82, 2.24) is 14.7 Å². The SMILES string of the molecule is CC1CC(C)CN(C(=O)CN2CCN(C(=O)c3ccccc3SC(C)C)CC2)C1. The first-order valence-electron chi connectivity index (χ1n) is 10.9. The Morgan fingerprint density at radius 1 is 1.00 bits per heavy atom. The molecule has 6 heteroatoms. The first-order valence-corrected chi connectivity index (χ1v) is 11.8. The van der Waals surface area contributed by atoms with E-state index in [1.807, 2.05) is 34.1 Å². The zero-order valence-corrected chi connectivity index (χ0v) is 19.1. The van der Waals surface area contributed by atoms with Crippen LogP contribution in [0.3, 0.4) is 0 Å². The number of rotatable bonds is 5. The van der Waals surface area contributed by atoms with Gasteiger partial charge in [-0.05, 0) is 30.4 Å². The summed E-state index contributed by atoms with van der Waals surface area (Å²) in [6, 6.07) is 7.90. The van der Waals surface area contributed by atoms with Crippen molar-refractivity contribution in [3.05, 3.63) is 29.8 Å². The fourth-order valence-corrected chi connectivity index (χ4v) is 5.38. The highest BCUT2D eigenvalue weighted by molar-refractivity contribution is 8.00. The van der Waals surface area contributed by atoms with Crippen LogP contribution >= 0.6 is 11.8 Å². The number of hydrogen-bond donors (Lipinski definition) is 0. The Balaban J connectivity index is 1.53. The summed E-state index contributed by atoms with van der Waals surface area (Å²) in [4.78, 5) is 33.0. The summed E-state index contributed by atoms with van der Waals surface area (Å²) >= 11 is 1.73. The Labute approximate surface area is 179 Å². The van der Waals surface area contributed by atoms with Crippen molar-refractivity contribution in [3.8, 4) is 0 Å². The van der Waals surface area contributed by atoms with Crippen LogP contribution in [0.5, 0.6) is 0 Å². The topological polar surface area (TPSA) is 43.9 Å². The van der Waals surface area contributed by atoms with Gasteiger partial charge in [-0.1, -0.05) is 39.8 Å². The van der Waals surface area contributed by atoms with E-state index in [2.05, 4.69) is 32.6 Å². The van der Waals surface area contributed by atoms with Crippen molar-refractivity contribution in [3.63, 3.8) is 0 Å². The van der Waals surface area contributed by atoms with Crippen molar-refractivity contribution in [2.24, 2.45) is 11.8 Å². The summed E-state index contributed by atoms with van der Waals surface area (Å²) < 4.78 is 0. The van der Waals surface area contributed by atoms with Gasteiger partial charge >= 0.3 is 0 Å². The highest BCUT2D eigenvalue weighted by atomic mass is 32.2. The normalized spacial score (nSPS) is 23.5. The molecule has 2 aliphatic heterocycles. The van der Waals surface area contributed by atoms with Gasteiger partial charge in [-0.25, -0.2) is 0 Å². The monoisotopic (exact) mass is 417 g/mol. The van der Waals surface area contributed by atoms with E-state index in [0.29, 0.717) is 36.7 Å². The van der Waals surface area contributed by atoms with Crippen molar-refractivity contribution < 1.29 is 9.59 Å². The number of piperazine rings is 1. The molecule has 2 atom stereocenters. The van der Waals surface area contributed by atoms with Crippen molar-refractivity contribution in [1.29, 1.82) is 0 Å². The second kappa shape index (κ2) is 9.98. The summed E-state index contributed by atoms with van der Waals surface area (Å²) in [6.45, 7) is 13.9. The summed E-state index contributed by atoms with van der Waals surface area (Å²) in [5.41, 5.74) is 0.798. The van der Waals surface area contributed by atoms with Crippen LogP contribution < -0.4 is 0 Å². The van der Waals surface area contributed by atoms with E-state index >= 15 is 0 Å². The predicted molar refractivity (Wildman–Crippen MR) is 119 cm³/mol. The average molecular weight is 418 g/mol. The predicted octanol–water partition coefficient (Wildman–Crippen LogP) is 3.45. The lowest BCUT2D eigenvalue weighted by molar-refractivity contribution is -0.135. The molecular formula is C23H35N3O2S. The van der Waals surface area contributed by atoms with Gasteiger partial charge in [-0.3, -0.25) is 14.5 Å². The Morgan fingerprint density at radius 3 is 2.24 bits per heavy atom. The lowest BCUT2D eigenvalue weighted by Gasteiger charge is -2.38. The molecule has 29 heavy (non-hydrogen) atoms. The molecule has 2 heterocycles. The Bertz CT molecular complexity index is 706. The summed E-state index contributed by atoms with van der Waals surface area (Å²) in [6.07, 6.45) is 1.21. The van der Waals surface area contributed by atoms with Gasteiger partial charge in [0, 0.05) is 49.4 Å². The number of piperidine rings is 1. The van der Waals surface area contributed by atoms with Gasteiger partial charge in [0.05, 0.1) is 12.1 Å². The third-order valence-corrected chi connectivity index (χ3v) is 6.80. The van der Waals surface area contributed by atoms with E-state index in [9.17, 15) is 9.59 Å². The van der Waals surface area contributed by atoms with E-state index in [0.717, 1.165) is 36.6 Å². The Kier molecular flexibility index (Phi) is 7.63. The van der Waals surface area contributed by atoms with Crippen LogP contribution in [0, 0.1) is 11.8 Å². The molecule has 0 radical (unpaired) electrons. The molecule has 0 saturated carbocycles. The number of carbonyl (C=O) groups is 2. The number of likely N-dealkylation sites (tertiary alicyclic amines) is 1. The molecular weight excluding hydrogens is 382 g/mol. The lowest BCUT2D eigenvalue weighted by atomic mass is 9.92. The average Bonchev–Trinajstić information content (AvgIpc) is 2.67. The number of thioether (sulfide) groups is 1. The van der Waals surface area contributed by atoms with Gasteiger partial charge in [-0.15, -0.1) is 11.8 Å². The third-order valence-electron chi connectivity index (χ3n) is 5.72. The molecule has 2 fully saturated rings. The van der Waals surface area contributed by atoms with Crippen molar-refractivity contribution >= 4 is 23.6 Å². The highest BCUT2D eigenvalue weighted by Crippen LogP contribution is 2.27. The molecule has 2 amide bonds. The minimum Gasteiger partial charge on any atom is -0.341 e. The quantitative estimate of drug-likeness (QED) is 0.689. The molecule has 0 bridgehead atoms. The second-order valence-electron chi connectivity index (χ2n) is 8.98. The van der Waals surface area contributed by atoms with E-state index in [1.54, 1.807) is 11.8 Å². The zero-order chi connectivity index (χ0) is 21.0. The van der Waals surface area contributed by atoms with Crippen LogP contribution in [0.4, 0.5) is 0 Å². The number of benzene rings is 1. The van der Waals surface area contributed by atoms with Gasteiger partial charge in [0.1, 0.15) is 0 Å². The number of nitrogens with zero attached hydrogens (tertiary/aromatic N) is 3. The summed E-state index contributed by atoms with van der Waals surface area (Å²) in [7, 11) is 0. The standard InChI is InChI=1S/C23H35N3O2S/c1-17(2)29-21-8-6-5-7-20(21)23(28)25-11-9-24(10-12-25)16-22(27)26-14-18(3)13-19(4)15-26/h5-8,17-19H,9-16H2,1-4H3. The van der Waals surface area contributed by atoms with E-state index < -0.39 is 0 Å². The maximum Gasteiger partial charge on any atom is 0.255 e. The largest absolute Gasteiger partial charge is 0.341 e. The molecule has 1 aromatic carbocycles. The van der Waals surface area contributed by atoms with Gasteiger partial charge in [0.25, 0.3) is 5.91 Å². The molecule has 5 nitrogen and oxygen atoms in total. The number of amides is 2. The molecule has 1 aromatic rings. The van der Waals surface area contributed by atoms with Crippen LogP contribution in [0.2, 0.25) is 0 Å². The molecule has 3 rings (SSSR count). The minimum atomic E-state index is 0.110. The molecule has 0 spiro atoms. The number of carbonyl (C=O) groups excluding carboxylic acids is 2. The van der Waals surface area contributed by atoms with E-state index in [4.69, 9.17) is 0 Å². The molecule has 0 N–H and O–H groups in total. The first kappa shape index (κ1) is 22.2. The fourth-order valence-electron chi connectivity index (χ4n) is 4.44. The maximum absolute atomic E-state index is 13.1. The molecule has 0 aliphatic carbocycles. The van der Waals surface area contributed by atoms with Crippen LogP contribution in [0.1, 0.15) is 44.5 Å². The van der Waals surface area contributed by atoms with Gasteiger partial charge in [0.2, 0.25) is 5.91 Å². The second-order valence-corrected chi connectivity index (χ2v) is 10.6. The summed E-state index contributed by atoms with van der Waals surface area (Å²) in [5.74, 6) is 1.52. The van der Waals surface area contributed by atoms with Gasteiger partial charge in [0.15, 0.2) is 0 Å². The first-order chi connectivity index (χ1) is 13.8. The van der Waals surface area contributed by atoms with Crippen LogP contribution in [-0.4, -0.2) is 77.6 Å².